The summed E-state index contributed by atoms with van der Waals surface area (Å²) in [4.78, 5) is 4.51. The van der Waals surface area contributed by atoms with E-state index in [1.807, 2.05) is 24.3 Å². The van der Waals surface area contributed by atoms with Gasteiger partial charge in [0.25, 0.3) is 0 Å². The maximum Gasteiger partial charge on any atom is 0.138 e. The first-order chi connectivity index (χ1) is 10.1. The van der Waals surface area contributed by atoms with Crippen LogP contribution in [0.4, 0.5) is 5.69 Å². The Kier molecular flexibility index (Phi) is 5.18. The van der Waals surface area contributed by atoms with Crippen molar-refractivity contribution in [3.05, 3.63) is 70.8 Å². The first-order valence-corrected chi connectivity index (χ1v) is 7.12. The van der Waals surface area contributed by atoms with Crippen molar-refractivity contribution in [3.63, 3.8) is 0 Å². The van der Waals surface area contributed by atoms with Crippen molar-refractivity contribution < 1.29 is 4.74 Å². The molecule has 0 amide bonds. The Labute approximate surface area is 130 Å². The van der Waals surface area contributed by atoms with Crippen LogP contribution in [0.15, 0.2) is 54.0 Å². The van der Waals surface area contributed by atoms with E-state index >= 15 is 0 Å². The van der Waals surface area contributed by atoms with Crippen LogP contribution in [0.25, 0.3) is 0 Å². The largest absolute Gasteiger partial charge is 0.488 e. The third kappa shape index (κ3) is 4.20. The Balaban J connectivity index is 2.17. The van der Waals surface area contributed by atoms with Crippen LogP contribution in [0.1, 0.15) is 16.7 Å². The monoisotopic (exact) mass is 299 g/mol. The smallest absolute Gasteiger partial charge is 0.138 e. The lowest BCUT2D eigenvalue weighted by Crippen LogP contribution is -1.94. The Morgan fingerprint density at radius 2 is 2.00 bits per heavy atom. The predicted octanol–water partition coefficient (Wildman–Crippen LogP) is 5.27. The highest BCUT2D eigenvalue weighted by Crippen LogP contribution is 2.25. The average Bonchev–Trinajstić information content (AvgIpc) is 2.45. The molecule has 0 radical (unpaired) electrons. The molecule has 3 heteroatoms. The highest BCUT2D eigenvalue weighted by atomic mass is 35.5. The zero-order chi connectivity index (χ0) is 15.2. The summed E-state index contributed by atoms with van der Waals surface area (Å²) in [6.45, 7) is 8.18. The maximum atomic E-state index is 6.18. The summed E-state index contributed by atoms with van der Waals surface area (Å²) in [5.74, 6) is 0.653. The molecule has 0 bridgehead atoms. The highest BCUT2D eigenvalue weighted by Gasteiger charge is 2.02. The second-order valence-corrected chi connectivity index (χ2v) is 5.24. The van der Waals surface area contributed by atoms with Gasteiger partial charge in [0.05, 0.1) is 10.7 Å². The van der Waals surface area contributed by atoms with Crippen molar-refractivity contribution in [3.8, 4) is 5.75 Å². The lowest BCUT2D eigenvalue weighted by Gasteiger charge is -2.06. The van der Waals surface area contributed by atoms with Gasteiger partial charge in [-0.1, -0.05) is 42.0 Å². The average molecular weight is 300 g/mol. The summed E-state index contributed by atoms with van der Waals surface area (Å²) in [5, 5.41) is 0.571. The molecule has 0 spiro atoms. The molecule has 0 aliphatic carbocycles. The van der Waals surface area contributed by atoms with Gasteiger partial charge in [-0.15, -0.1) is 0 Å². The van der Waals surface area contributed by atoms with E-state index < -0.39 is 0 Å². The molecule has 0 saturated heterocycles. The third-order valence-corrected chi connectivity index (χ3v) is 3.31. The Morgan fingerprint density at radius 1 is 1.19 bits per heavy atom. The van der Waals surface area contributed by atoms with Crippen LogP contribution in [0.2, 0.25) is 5.02 Å². The topological polar surface area (TPSA) is 21.6 Å². The van der Waals surface area contributed by atoms with Crippen molar-refractivity contribution >= 4 is 23.5 Å². The number of aryl methyl sites for hydroxylation is 2. The van der Waals surface area contributed by atoms with Crippen LogP contribution in [0.3, 0.4) is 0 Å². The maximum absolute atomic E-state index is 6.18. The van der Waals surface area contributed by atoms with E-state index in [1.165, 1.54) is 5.56 Å². The third-order valence-electron chi connectivity index (χ3n) is 3.02. The van der Waals surface area contributed by atoms with Gasteiger partial charge in [-0.25, -0.2) is 0 Å². The minimum atomic E-state index is 0.440. The minimum absolute atomic E-state index is 0.440. The first kappa shape index (κ1) is 15.3. The van der Waals surface area contributed by atoms with E-state index in [2.05, 4.69) is 37.6 Å². The van der Waals surface area contributed by atoms with Gasteiger partial charge in [-0.2, -0.15) is 0 Å². The normalized spacial score (nSPS) is 10.8. The van der Waals surface area contributed by atoms with E-state index in [0.29, 0.717) is 17.4 Å². The summed E-state index contributed by atoms with van der Waals surface area (Å²) < 4.78 is 5.44. The molecule has 0 N–H and O–H groups in total. The van der Waals surface area contributed by atoms with Crippen LogP contribution in [0, 0.1) is 13.8 Å². The second kappa shape index (κ2) is 7.09. The molecular formula is C18H18ClNO. The molecule has 0 heterocycles. The second-order valence-electron chi connectivity index (χ2n) is 4.84. The Bertz CT molecular complexity index is 677. The zero-order valence-electron chi connectivity index (χ0n) is 12.3. The predicted molar refractivity (Wildman–Crippen MR) is 90.3 cm³/mol. The van der Waals surface area contributed by atoms with Crippen LogP contribution >= 0.6 is 11.6 Å². The van der Waals surface area contributed by atoms with Gasteiger partial charge in [0.1, 0.15) is 12.4 Å². The summed E-state index contributed by atoms with van der Waals surface area (Å²) >= 11 is 6.18. The Morgan fingerprint density at radius 3 is 2.67 bits per heavy atom. The zero-order valence-corrected chi connectivity index (χ0v) is 13.0. The van der Waals surface area contributed by atoms with Gasteiger partial charge in [-0.05, 0) is 49.2 Å². The Hall–Kier alpha value is -2.06. The van der Waals surface area contributed by atoms with Crippen molar-refractivity contribution in [1.82, 2.24) is 0 Å². The van der Waals surface area contributed by atoms with Gasteiger partial charge >= 0.3 is 0 Å². The molecule has 2 rings (SSSR count). The van der Waals surface area contributed by atoms with E-state index in [-0.39, 0.29) is 0 Å². The molecule has 2 aromatic carbocycles. The molecule has 0 aliphatic heterocycles. The highest BCUT2D eigenvalue weighted by molar-refractivity contribution is 6.32. The number of benzene rings is 2. The first-order valence-electron chi connectivity index (χ1n) is 6.74. The van der Waals surface area contributed by atoms with Gasteiger partial charge in [0.15, 0.2) is 0 Å². The van der Waals surface area contributed by atoms with E-state index in [4.69, 9.17) is 16.3 Å². The number of aliphatic imine (C=N–C) groups is 1. The molecule has 2 aromatic rings. The van der Waals surface area contributed by atoms with Gasteiger partial charge < -0.3 is 4.74 Å². The van der Waals surface area contributed by atoms with Crippen LogP contribution in [-0.4, -0.2) is 12.8 Å². The molecular weight excluding hydrogens is 282 g/mol. The number of halogens is 1. The number of rotatable bonds is 5. The van der Waals surface area contributed by atoms with Gasteiger partial charge in [0.2, 0.25) is 0 Å². The molecule has 108 valence electrons. The number of hydrogen-bond donors (Lipinski definition) is 0. The number of ether oxygens (including phenoxy) is 1. The summed E-state index contributed by atoms with van der Waals surface area (Å²) in [5.41, 5.74) is 4.29. The minimum Gasteiger partial charge on any atom is -0.488 e. The molecule has 0 aliphatic rings. The van der Waals surface area contributed by atoms with Crippen molar-refractivity contribution in [2.75, 3.05) is 6.61 Å². The quantitative estimate of drug-likeness (QED) is 0.544. The molecule has 0 aromatic heterocycles. The van der Waals surface area contributed by atoms with Crippen LogP contribution < -0.4 is 4.74 Å². The standard InChI is InChI=1S/C18H18ClNO/c1-4-9-21-18-8-6-15(11-16(18)19)12-20-17-7-5-13(2)10-14(17)3/h4-8,10-12H,1,9H2,2-3H3. The molecule has 21 heavy (non-hydrogen) atoms. The SMILES string of the molecule is C=CCOc1ccc(C=Nc2ccc(C)cc2C)cc1Cl. The molecule has 0 fully saturated rings. The fourth-order valence-corrected chi connectivity index (χ4v) is 2.20. The molecule has 0 unspecified atom stereocenters. The van der Waals surface area contributed by atoms with E-state index in [9.17, 15) is 0 Å². The fraction of sp³-hybridized carbons (Fsp3) is 0.167. The van der Waals surface area contributed by atoms with Crippen LogP contribution in [-0.2, 0) is 0 Å². The van der Waals surface area contributed by atoms with Crippen molar-refractivity contribution in [2.45, 2.75) is 13.8 Å². The van der Waals surface area contributed by atoms with E-state index in [0.717, 1.165) is 16.8 Å². The van der Waals surface area contributed by atoms with Crippen molar-refractivity contribution in [2.24, 2.45) is 4.99 Å². The molecule has 2 nitrogen and oxygen atoms in total. The van der Waals surface area contributed by atoms with E-state index in [1.54, 1.807) is 12.3 Å². The number of hydrogen-bond acceptors (Lipinski definition) is 2. The van der Waals surface area contributed by atoms with Crippen LogP contribution in [0.5, 0.6) is 5.75 Å². The molecule has 0 saturated carbocycles. The lowest BCUT2D eigenvalue weighted by molar-refractivity contribution is 0.363. The summed E-state index contributed by atoms with van der Waals surface area (Å²) in [6, 6.07) is 11.8. The van der Waals surface area contributed by atoms with Gasteiger partial charge in [-0.3, -0.25) is 4.99 Å². The summed E-state index contributed by atoms with van der Waals surface area (Å²) in [7, 11) is 0. The summed E-state index contributed by atoms with van der Waals surface area (Å²) in [6.07, 6.45) is 3.49. The van der Waals surface area contributed by atoms with Crippen molar-refractivity contribution in [1.29, 1.82) is 0 Å². The lowest BCUT2D eigenvalue weighted by atomic mass is 10.1. The fourth-order valence-electron chi connectivity index (χ4n) is 1.96. The molecule has 0 atom stereocenters. The van der Waals surface area contributed by atoms with Gasteiger partial charge in [0, 0.05) is 6.21 Å². The number of nitrogens with zero attached hydrogens (tertiary/aromatic N) is 1.